The van der Waals surface area contributed by atoms with Gasteiger partial charge >= 0.3 is 0 Å². The zero-order chi connectivity index (χ0) is 13.9. The van der Waals surface area contributed by atoms with Crippen molar-refractivity contribution in [1.82, 2.24) is 10.2 Å². The molecule has 0 fully saturated rings. The van der Waals surface area contributed by atoms with E-state index < -0.39 is 0 Å². The molecule has 0 bridgehead atoms. The van der Waals surface area contributed by atoms with Crippen LogP contribution in [-0.2, 0) is 0 Å². The molecule has 0 aliphatic carbocycles. The van der Waals surface area contributed by atoms with Gasteiger partial charge in [-0.05, 0) is 58.3 Å². The molecule has 0 spiro atoms. The molecule has 3 heteroatoms. The highest BCUT2D eigenvalue weighted by atomic mass is 15.1. The first-order chi connectivity index (χ1) is 8.67. The predicted molar refractivity (Wildman–Crippen MR) is 78.6 cm³/mol. The minimum Gasteiger partial charge on any atom is -0.304 e. The predicted octanol–water partition coefficient (Wildman–Crippen LogP) is 3.17. The van der Waals surface area contributed by atoms with Crippen LogP contribution in [0.1, 0.15) is 59.8 Å². The Morgan fingerprint density at radius 2 is 1.83 bits per heavy atom. The summed E-state index contributed by atoms with van der Waals surface area (Å²) >= 11 is 0. The summed E-state index contributed by atoms with van der Waals surface area (Å²) in [5.41, 5.74) is -0.304. The maximum absolute atomic E-state index is 9.40. The van der Waals surface area contributed by atoms with Crippen LogP contribution in [0.25, 0.3) is 0 Å². The van der Waals surface area contributed by atoms with Crippen molar-refractivity contribution in [3.05, 3.63) is 0 Å². The van der Waals surface area contributed by atoms with Gasteiger partial charge in [-0.3, -0.25) is 5.32 Å². The smallest absolute Gasteiger partial charge is 0.106 e. The highest BCUT2D eigenvalue weighted by molar-refractivity contribution is 5.06. The standard InChI is InChI=1S/C15H31N3/c1-5-11-17-15(7-3,14-16)10-9-13-18(8-4)12-6-2/h17H,5-13H2,1-4H3. The van der Waals surface area contributed by atoms with Crippen LogP contribution in [0.3, 0.4) is 0 Å². The summed E-state index contributed by atoms with van der Waals surface area (Å²) in [7, 11) is 0. The third kappa shape index (κ3) is 6.37. The van der Waals surface area contributed by atoms with Gasteiger partial charge in [0.1, 0.15) is 5.54 Å². The fourth-order valence-electron chi connectivity index (χ4n) is 2.28. The Hall–Kier alpha value is -0.590. The van der Waals surface area contributed by atoms with Crippen LogP contribution in [0.2, 0.25) is 0 Å². The molecule has 1 N–H and O–H groups in total. The van der Waals surface area contributed by atoms with E-state index in [0.29, 0.717) is 0 Å². The topological polar surface area (TPSA) is 39.1 Å². The molecule has 0 saturated carbocycles. The SMILES string of the molecule is CCCNC(C#N)(CC)CCCN(CC)CCC. The molecule has 0 radical (unpaired) electrons. The summed E-state index contributed by atoms with van der Waals surface area (Å²) in [6.07, 6.45) is 5.25. The molecule has 1 atom stereocenters. The zero-order valence-electron chi connectivity index (χ0n) is 12.8. The van der Waals surface area contributed by atoms with Crippen LogP contribution in [0.15, 0.2) is 0 Å². The van der Waals surface area contributed by atoms with E-state index in [9.17, 15) is 5.26 Å². The van der Waals surface area contributed by atoms with Crippen LogP contribution in [0, 0.1) is 11.3 Å². The average molecular weight is 253 g/mol. The molecule has 106 valence electrons. The molecule has 1 unspecified atom stereocenters. The lowest BCUT2D eigenvalue weighted by Crippen LogP contribution is -2.44. The lowest BCUT2D eigenvalue weighted by atomic mass is 9.91. The number of hydrogen-bond donors (Lipinski definition) is 1. The molecular formula is C15H31N3. The summed E-state index contributed by atoms with van der Waals surface area (Å²) < 4.78 is 0. The fourth-order valence-corrected chi connectivity index (χ4v) is 2.28. The van der Waals surface area contributed by atoms with Crippen molar-refractivity contribution in [1.29, 1.82) is 5.26 Å². The quantitative estimate of drug-likeness (QED) is 0.615. The molecule has 0 aliphatic heterocycles. The Bertz CT molecular complexity index is 234. The first-order valence-electron chi connectivity index (χ1n) is 7.56. The molecule has 0 aromatic carbocycles. The summed E-state index contributed by atoms with van der Waals surface area (Å²) in [4.78, 5) is 2.47. The van der Waals surface area contributed by atoms with E-state index in [1.165, 1.54) is 13.0 Å². The Labute approximate surface area is 114 Å². The largest absolute Gasteiger partial charge is 0.304 e. The van der Waals surface area contributed by atoms with Gasteiger partial charge in [0.15, 0.2) is 0 Å². The second-order valence-electron chi connectivity index (χ2n) is 5.01. The van der Waals surface area contributed by atoms with Gasteiger partial charge in [0, 0.05) is 0 Å². The number of hydrogen-bond acceptors (Lipinski definition) is 3. The van der Waals surface area contributed by atoms with Gasteiger partial charge in [-0.15, -0.1) is 0 Å². The van der Waals surface area contributed by atoms with E-state index in [0.717, 1.165) is 45.3 Å². The molecule has 0 rings (SSSR count). The van der Waals surface area contributed by atoms with E-state index in [4.69, 9.17) is 0 Å². The van der Waals surface area contributed by atoms with Crippen LogP contribution in [0.4, 0.5) is 0 Å². The zero-order valence-corrected chi connectivity index (χ0v) is 12.8. The molecule has 0 saturated heterocycles. The minimum absolute atomic E-state index is 0.304. The second kappa shape index (κ2) is 10.3. The molecule has 0 aromatic heterocycles. The van der Waals surface area contributed by atoms with Crippen LogP contribution < -0.4 is 5.32 Å². The van der Waals surface area contributed by atoms with Crippen molar-refractivity contribution in [2.75, 3.05) is 26.2 Å². The summed E-state index contributed by atoms with van der Waals surface area (Å²) in [5.74, 6) is 0. The van der Waals surface area contributed by atoms with Gasteiger partial charge in [-0.1, -0.05) is 27.7 Å². The normalized spacial score (nSPS) is 14.4. The fraction of sp³-hybridized carbons (Fsp3) is 0.933. The first kappa shape index (κ1) is 17.4. The van der Waals surface area contributed by atoms with Crippen LogP contribution >= 0.6 is 0 Å². The highest BCUT2D eigenvalue weighted by Gasteiger charge is 2.26. The highest BCUT2D eigenvalue weighted by Crippen LogP contribution is 2.17. The van der Waals surface area contributed by atoms with Crippen LogP contribution in [-0.4, -0.2) is 36.6 Å². The van der Waals surface area contributed by atoms with E-state index in [1.54, 1.807) is 0 Å². The van der Waals surface area contributed by atoms with Crippen molar-refractivity contribution in [3.8, 4) is 6.07 Å². The average Bonchev–Trinajstić information content (AvgIpc) is 2.42. The van der Waals surface area contributed by atoms with E-state index in [-0.39, 0.29) is 5.54 Å². The van der Waals surface area contributed by atoms with Gasteiger partial charge in [-0.2, -0.15) is 5.26 Å². The third-order valence-corrected chi connectivity index (χ3v) is 3.60. The van der Waals surface area contributed by atoms with Crippen molar-refractivity contribution in [2.45, 2.75) is 65.3 Å². The summed E-state index contributed by atoms with van der Waals surface area (Å²) in [6.45, 7) is 13.0. The van der Waals surface area contributed by atoms with Gasteiger partial charge in [0.25, 0.3) is 0 Å². The Morgan fingerprint density at radius 1 is 1.11 bits per heavy atom. The van der Waals surface area contributed by atoms with E-state index in [2.05, 4.69) is 44.0 Å². The van der Waals surface area contributed by atoms with Gasteiger partial charge in [-0.25, -0.2) is 0 Å². The molecule has 3 nitrogen and oxygen atoms in total. The molecule has 18 heavy (non-hydrogen) atoms. The molecule has 0 amide bonds. The molecular weight excluding hydrogens is 222 g/mol. The van der Waals surface area contributed by atoms with Crippen molar-refractivity contribution >= 4 is 0 Å². The Kier molecular flexibility index (Phi) is 10.0. The van der Waals surface area contributed by atoms with Crippen molar-refractivity contribution in [2.24, 2.45) is 0 Å². The monoisotopic (exact) mass is 253 g/mol. The number of rotatable bonds is 11. The van der Waals surface area contributed by atoms with Crippen LogP contribution in [0.5, 0.6) is 0 Å². The minimum atomic E-state index is -0.304. The van der Waals surface area contributed by atoms with Gasteiger partial charge in [0.05, 0.1) is 6.07 Å². The molecule has 0 heterocycles. The molecule has 0 aromatic rings. The first-order valence-corrected chi connectivity index (χ1v) is 7.56. The van der Waals surface area contributed by atoms with Gasteiger partial charge in [0.2, 0.25) is 0 Å². The summed E-state index contributed by atoms with van der Waals surface area (Å²) in [6, 6.07) is 2.49. The summed E-state index contributed by atoms with van der Waals surface area (Å²) in [5, 5.41) is 12.8. The van der Waals surface area contributed by atoms with E-state index >= 15 is 0 Å². The maximum atomic E-state index is 9.40. The Balaban J connectivity index is 4.14. The number of nitrogens with one attached hydrogen (secondary N) is 1. The molecule has 0 aliphatic rings. The number of nitrogens with zero attached hydrogens (tertiary/aromatic N) is 2. The number of nitriles is 1. The maximum Gasteiger partial charge on any atom is 0.106 e. The van der Waals surface area contributed by atoms with E-state index in [1.807, 2.05) is 0 Å². The lowest BCUT2D eigenvalue weighted by Gasteiger charge is -2.28. The third-order valence-electron chi connectivity index (χ3n) is 3.60. The Morgan fingerprint density at radius 3 is 2.28 bits per heavy atom. The van der Waals surface area contributed by atoms with Crippen molar-refractivity contribution < 1.29 is 0 Å². The lowest BCUT2D eigenvalue weighted by molar-refractivity contribution is 0.263. The second-order valence-corrected chi connectivity index (χ2v) is 5.01. The van der Waals surface area contributed by atoms with Crippen molar-refractivity contribution in [3.63, 3.8) is 0 Å². The van der Waals surface area contributed by atoms with Gasteiger partial charge < -0.3 is 4.90 Å².